The van der Waals surface area contributed by atoms with E-state index in [1.165, 1.54) is 7.11 Å². The van der Waals surface area contributed by atoms with Crippen LogP contribution in [-0.4, -0.2) is 40.0 Å². The number of nitrogens with one attached hydrogen (secondary N) is 2. The Morgan fingerprint density at radius 1 is 1.18 bits per heavy atom. The van der Waals surface area contributed by atoms with Crippen molar-refractivity contribution in [3.8, 4) is 6.07 Å². The largest absolute Gasteiger partial charge is 0.444 e. The van der Waals surface area contributed by atoms with Gasteiger partial charge in [0.15, 0.2) is 6.29 Å². The van der Waals surface area contributed by atoms with Crippen molar-refractivity contribution < 1.29 is 32.5 Å². The Labute approximate surface area is 224 Å². The summed E-state index contributed by atoms with van der Waals surface area (Å²) in [6, 6.07) is 10.4. The lowest BCUT2D eigenvalue weighted by atomic mass is 10.1. The van der Waals surface area contributed by atoms with E-state index in [2.05, 4.69) is 15.6 Å². The van der Waals surface area contributed by atoms with E-state index in [0.29, 0.717) is 43.6 Å². The van der Waals surface area contributed by atoms with Gasteiger partial charge < -0.3 is 29.8 Å². The molecule has 12 heteroatoms. The van der Waals surface area contributed by atoms with E-state index in [0.717, 1.165) is 12.1 Å². The Balaban J connectivity index is 1.84. The van der Waals surface area contributed by atoms with E-state index in [4.69, 9.17) is 9.47 Å². The quantitative estimate of drug-likeness (QED) is 0.210. The highest BCUT2D eigenvalue weighted by atomic mass is 19.4. The predicted molar refractivity (Wildman–Crippen MR) is 139 cm³/mol. The van der Waals surface area contributed by atoms with Crippen LogP contribution in [0.15, 0.2) is 36.4 Å². The van der Waals surface area contributed by atoms with Crippen molar-refractivity contribution in [1.29, 1.82) is 5.26 Å². The summed E-state index contributed by atoms with van der Waals surface area (Å²) in [6.45, 7) is 6.03. The van der Waals surface area contributed by atoms with Gasteiger partial charge in [-0.1, -0.05) is 12.1 Å². The van der Waals surface area contributed by atoms with Gasteiger partial charge >= 0.3 is 12.3 Å². The summed E-state index contributed by atoms with van der Waals surface area (Å²) in [7, 11) is 1.36. The van der Waals surface area contributed by atoms with Gasteiger partial charge in [-0.2, -0.15) is 18.4 Å². The lowest BCUT2D eigenvalue weighted by Crippen LogP contribution is -2.33. The molecule has 0 fully saturated rings. The Hall–Kier alpha value is -3.82. The van der Waals surface area contributed by atoms with Gasteiger partial charge in [-0.05, 0) is 64.3 Å². The van der Waals surface area contributed by atoms with Crippen LogP contribution in [0.3, 0.4) is 0 Å². The molecule has 0 aliphatic rings. The first kappa shape index (κ1) is 29.7. The number of nitriles is 1. The van der Waals surface area contributed by atoms with Gasteiger partial charge in [0.25, 0.3) is 0 Å². The molecule has 39 heavy (non-hydrogen) atoms. The minimum atomic E-state index is -4.71. The zero-order valence-electron chi connectivity index (χ0n) is 22.2. The minimum absolute atomic E-state index is 0.226. The number of halogens is 3. The first-order valence-corrected chi connectivity index (χ1v) is 12.4. The number of ether oxygens (including phenoxy) is 2. The monoisotopic (exact) mass is 547 g/mol. The highest BCUT2D eigenvalue weighted by Gasteiger charge is 2.34. The third kappa shape index (κ3) is 8.08. The number of anilines is 2. The smallest absolute Gasteiger partial charge is 0.417 e. The predicted octanol–water partition coefficient (Wildman–Crippen LogP) is 6.00. The summed E-state index contributed by atoms with van der Waals surface area (Å²) in [4.78, 5) is 16.3. The number of carbonyl (C=O) groups is 1. The van der Waals surface area contributed by atoms with E-state index in [-0.39, 0.29) is 17.0 Å². The van der Waals surface area contributed by atoms with E-state index in [1.807, 2.05) is 0 Å². The standard InChI is InChI=1S/C27H32F3N5O4/c1-26(2,3)39-25(37)32-11-6-5-7-12-35-22-15-20(27(28,29)30)18(16-31)14-21(22)34-24(35)33-19-10-8-9-17(13-19)23(36)38-4/h8-10,13-15,23,36H,5-7,11-12H2,1-4H3,(H,32,37)(H,33,34). The molecule has 2 aromatic carbocycles. The van der Waals surface area contributed by atoms with Crippen molar-refractivity contribution in [2.75, 3.05) is 19.0 Å². The first-order valence-electron chi connectivity index (χ1n) is 12.4. The molecule has 0 saturated carbocycles. The number of aryl methyl sites for hydroxylation is 1. The Morgan fingerprint density at radius 3 is 2.56 bits per heavy atom. The molecule has 3 aromatic rings. The van der Waals surface area contributed by atoms with E-state index in [1.54, 1.807) is 55.7 Å². The maximum atomic E-state index is 13.7. The number of carbonyl (C=O) groups excluding carboxylic acids is 1. The number of nitrogens with zero attached hydrogens (tertiary/aromatic N) is 3. The number of imidazole rings is 1. The van der Waals surface area contributed by atoms with Gasteiger partial charge in [0.2, 0.25) is 5.95 Å². The summed E-state index contributed by atoms with van der Waals surface area (Å²) in [5.74, 6) is 0.282. The summed E-state index contributed by atoms with van der Waals surface area (Å²) in [5.41, 5.74) is -0.656. The topological polar surface area (TPSA) is 121 Å². The number of fused-ring (bicyclic) bond motifs is 1. The number of amides is 1. The van der Waals surface area contributed by atoms with Gasteiger partial charge in [0.05, 0.1) is 28.2 Å². The van der Waals surface area contributed by atoms with Gasteiger partial charge in [-0.3, -0.25) is 0 Å². The number of methoxy groups -OCH3 is 1. The highest BCUT2D eigenvalue weighted by Crippen LogP contribution is 2.36. The lowest BCUT2D eigenvalue weighted by Gasteiger charge is -2.19. The van der Waals surface area contributed by atoms with Gasteiger partial charge in [0, 0.05) is 31.5 Å². The van der Waals surface area contributed by atoms with Crippen molar-refractivity contribution >= 4 is 28.8 Å². The van der Waals surface area contributed by atoms with Crippen LogP contribution in [0, 0.1) is 11.3 Å². The van der Waals surface area contributed by atoms with Crippen molar-refractivity contribution in [1.82, 2.24) is 14.9 Å². The maximum Gasteiger partial charge on any atom is 0.417 e. The number of aliphatic hydroxyl groups excluding tert-OH is 1. The zero-order valence-corrected chi connectivity index (χ0v) is 22.2. The van der Waals surface area contributed by atoms with E-state index in [9.17, 15) is 28.3 Å². The third-order valence-electron chi connectivity index (χ3n) is 5.69. The molecule has 0 spiro atoms. The lowest BCUT2D eigenvalue weighted by molar-refractivity contribution is -0.137. The highest BCUT2D eigenvalue weighted by molar-refractivity contribution is 5.82. The summed E-state index contributed by atoms with van der Waals surface area (Å²) in [6.07, 6.45) is -4.47. The number of benzene rings is 2. The van der Waals surface area contributed by atoms with Crippen LogP contribution in [0.2, 0.25) is 0 Å². The molecule has 210 valence electrons. The van der Waals surface area contributed by atoms with Crippen molar-refractivity contribution in [3.05, 3.63) is 53.1 Å². The molecule has 0 saturated heterocycles. The number of unbranched alkanes of at least 4 members (excludes halogenated alkanes) is 2. The molecule has 1 aromatic heterocycles. The minimum Gasteiger partial charge on any atom is -0.444 e. The van der Waals surface area contributed by atoms with Gasteiger partial charge in [-0.25, -0.2) is 9.78 Å². The first-order chi connectivity index (χ1) is 18.3. The number of hydrogen-bond donors (Lipinski definition) is 3. The Kier molecular flexibility index (Phi) is 9.42. The van der Waals surface area contributed by atoms with Crippen LogP contribution >= 0.6 is 0 Å². The molecule has 1 unspecified atom stereocenters. The molecule has 0 aliphatic heterocycles. The normalized spacial score (nSPS) is 12.7. The summed E-state index contributed by atoms with van der Waals surface area (Å²) >= 11 is 0. The summed E-state index contributed by atoms with van der Waals surface area (Å²) in [5, 5.41) is 25.1. The molecule has 1 amide bonds. The fraction of sp³-hybridized carbons (Fsp3) is 0.444. The molecule has 0 aliphatic carbocycles. The average Bonchev–Trinajstić information content (AvgIpc) is 3.19. The van der Waals surface area contributed by atoms with Crippen LogP contribution in [0.25, 0.3) is 11.0 Å². The van der Waals surface area contributed by atoms with Crippen LogP contribution in [-0.2, 0) is 22.2 Å². The second-order valence-corrected chi connectivity index (χ2v) is 9.91. The van der Waals surface area contributed by atoms with Crippen molar-refractivity contribution in [2.24, 2.45) is 0 Å². The van der Waals surface area contributed by atoms with Crippen LogP contribution in [0.1, 0.15) is 63.0 Å². The molecule has 1 atom stereocenters. The molecule has 3 N–H and O–H groups in total. The molecule has 1 heterocycles. The van der Waals surface area contributed by atoms with Crippen LogP contribution < -0.4 is 10.6 Å². The van der Waals surface area contributed by atoms with E-state index < -0.39 is 35.3 Å². The fourth-order valence-corrected chi connectivity index (χ4v) is 3.93. The van der Waals surface area contributed by atoms with Crippen molar-refractivity contribution in [3.63, 3.8) is 0 Å². The molecular weight excluding hydrogens is 515 g/mol. The fourth-order valence-electron chi connectivity index (χ4n) is 3.93. The Morgan fingerprint density at radius 2 is 1.92 bits per heavy atom. The number of alkyl halides is 3. The number of aliphatic hydroxyl groups is 1. The maximum absolute atomic E-state index is 13.7. The zero-order chi connectivity index (χ0) is 28.8. The summed E-state index contributed by atoms with van der Waals surface area (Å²) < 4.78 is 52.8. The third-order valence-corrected chi connectivity index (χ3v) is 5.69. The Bertz CT molecular complexity index is 1340. The van der Waals surface area contributed by atoms with Crippen LogP contribution in [0.4, 0.5) is 29.6 Å². The molecular formula is C27H32F3N5O4. The van der Waals surface area contributed by atoms with Crippen molar-refractivity contribution in [2.45, 2.75) is 64.6 Å². The number of hydrogen-bond acceptors (Lipinski definition) is 7. The molecule has 3 rings (SSSR count). The van der Waals surface area contributed by atoms with Gasteiger partial charge in [-0.15, -0.1) is 0 Å². The average molecular weight is 548 g/mol. The van der Waals surface area contributed by atoms with Gasteiger partial charge in [0.1, 0.15) is 5.60 Å². The molecule has 0 bridgehead atoms. The van der Waals surface area contributed by atoms with Crippen LogP contribution in [0.5, 0.6) is 0 Å². The second kappa shape index (κ2) is 12.4. The molecule has 0 radical (unpaired) electrons. The SMILES string of the molecule is COC(O)c1cccc(Nc2nc3cc(C#N)c(C(F)(F)F)cc3n2CCCCCNC(=O)OC(C)(C)C)c1. The number of alkyl carbamates (subject to hydrolysis) is 1. The number of rotatable bonds is 10. The second-order valence-electron chi connectivity index (χ2n) is 9.91. The van der Waals surface area contributed by atoms with E-state index >= 15 is 0 Å². The molecule has 9 nitrogen and oxygen atoms in total. The number of aromatic nitrogens is 2.